The molecule has 0 amide bonds. The number of hydrogen-bond donors (Lipinski definition) is 4. The molecule has 0 unspecified atom stereocenters. The molecule has 18 nitrogen and oxygen atoms in total. The summed E-state index contributed by atoms with van der Waals surface area (Å²) >= 11 is 3.72. The molecule has 0 atom stereocenters. The van der Waals surface area contributed by atoms with Crippen LogP contribution in [0.15, 0.2) is 127 Å². The van der Waals surface area contributed by atoms with E-state index in [1.165, 1.54) is 57.7 Å². The maximum absolute atomic E-state index is 14.3. The van der Waals surface area contributed by atoms with E-state index < -0.39 is 82.8 Å². The van der Waals surface area contributed by atoms with Gasteiger partial charge in [0.25, 0.3) is 0 Å². The number of sulfone groups is 2. The number of fused-ring (bicyclic) bond motifs is 2. The number of halogens is 4. The van der Waals surface area contributed by atoms with Crippen LogP contribution in [-0.4, -0.2) is 111 Å². The maximum Gasteiger partial charge on any atom is 0.309 e. The number of thioether (sulfide) groups is 2. The second-order valence-corrected chi connectivity index (χ2v) is 27.0. The topological polar surface area (TPSA) is 247 Å². The zero-order chi connectivity index (χ0) is 56.9. The molecule has 1 aliphatic rings. The second-order valence-electron chi connectivity index (χ2n) is 19.0. The quantitative estimate of drug-likeness (QED) is 0.0322. The highest BCUT2D eigenvalue weighted by molar-refractivity contribution is 7.98. The van der Waals surface area contributed by atoms with Crippen LogP contribution in [0.5, 0.6) is 0 Å². The lowest BCUT2D eigenvalue weighted by Gasteiger charge is -2.42. The van der Waals surface area contributed by atoms with E-state index in [9.17, 15) is 54.2 Å². The lowest BCUT2D eigenvalue weighted by Crippen LogP contribution is -2.54. The molecular formula is C51H52F4N8O10S6. The summed E-state index contributed by atoms with van der Waals surface area (Å²) in [5.74, 6) is -4.86. The van der Waals surface area contributed by atoms with Crippen molar-refractivity contribution in [1.82, 2.24) is 29.1 Å². The number of ether oxygens (including phenoxy) is 2. The molecule has 420 valence electrons. The standard InChI is InChI=1S/C27H28F2N4O5S3.C24H24F2N4O5S3/c1-26(2)37-15-27(3,16-38-26)32-22-21-23(31-24(30-22)39-14-17-8-7-11-19(28)20(17)29)33(25(34)40-21)12-13-41(35,36)18-9-5-4-6-10-18;1-24(13-31,14-32)29-20-19-21(28-22(27-20)36-12-15-6-5-9-17(25)18(15)26)30(23(33)37-19)10-11-38(34,35)16-7-3-2-4-8-16/h4-11H,12-16H2,1-3H3,(H,30,31,32);2-9,31-32H,10-14H2,1H3,(H,27,28,29). The van der Waals surface area contributed by atoms with Crippen LogP contribution in [0.2, 0.25) is 0 Å². The molecule has 0 aliphatic carbocycles. The first-order valence-electron chi connectivity index (χ1n) is 24.0. The fourth-order valence-corrected chi connectivity index (χ4v) is 13.5. The first kappa shape index (κ1) is 59.3. The maximum atomic E-state index is 14.3. The van der Waals surface area contributed by atoms with Crippen molar-refractivity contribution in [2.45, 2.75) is 89.3 Å². The van der Waals surface area contributed by atoms with Crippen LogP contribution in [0.4, 0.5) is 29.2 Å². The zero-order valence-corrected chi connectivity index (χ0v) is 47.5. The summed E-state index contributed by atoms with van der Waals surface area (Å²) in [6.07, 6.45) is 0. The predicted octanol–water partition coefficient (Wildman–Crippen LogP) is 7.90. The van der Waals surface area contributed by atoms with Crippen LogP contribution in [-0.2, 0) is 53.7 Å². The molecule has 79 heavy (non-hydrogen) atoms. The van der Waals surface area contributed by atoms with Gasteiger partial charge in [-0.3, -0.25) is 18.7 Å². The summed E-state index contributed by atoms with van der Waals surface area (Å²) in [6.45, 7) is 6.38. The van der Waals surface area contributed by atoms with Gasteiger partial charge in [0.05, 0.1) is 58.8 Å². The van der Waals surface area contributed by atoms with E-state index >= 15 is 0 Å². The fourth-order valence-electron chi connectivity index (χ4n) is 7.58. The highest BCUT2D eigenvalue weighted by atomic mass is 32.2. The van der Waals surface area contributed by atoms with E-state index in [-0.39, 0.29) is 97.7 Å². The van der Waals surface area contributed by atoms with Gasteiger partial charge in [-0.1, -0.05) is 107 Å². The van der Waals surface area contributed by atoms with Gasteiger partial charge >= 0.3 is 9.75 Å². The van der Waals surface area contributed by atoms with Gasteiger partial charge in [-0.2, -0.15) is 0 Å². The Labute approximate surface area is 467 Å². The van der Waals surface area contributed by atoms with Gasteiger partial charge in [0.1, 0.15) is 9.40 Å². The number of nitrogens with zero attached hydrogens (tertiary/aromatic N) is 6. The van der Waals surface area contributed by atoms with Crippen LogP contribution in [0, 0.1) is 23.3 Å². The lowest BCUT2D eigenvalue weighted by molar-refractivity contribution is -0.261. The number of benzene rings is 4. The molecule has 1 saturated heterocycles. The minimum atomic E-state index is -3.70. The largest absolute Gasteiger partial charge is 0.394 e. The van der Waals surface area contributed by atoms with E-state index in [0.29, 0.717) is 15.2 Å². The highest BCUT2D eigenvalue weighted by Gasteiger charge is 2.38. The van der Waals surface area contributed by atoms with E-state index in [2.05, 4.69) is 30.6 Å². The van der Waals surface area contributed by atoms with Crippen molar-refractivity contribution in [2.24, 2.45) is 0 Å². The Morgan fingerprint density at radius 2 is 1.05 bits per heavy atom. The second kappa shape index (κ2) is 24.5. The molecule has 0 saturated carbocycles. The number of nitrogens with one attached hydrogen (secondary N) is 2. The van der Waals surface area contributed by atoms with E-state index in [0.717, 1.165) is 58.3 Å². The van der Waals surface area contributed by atoms with Crippen molar-refractivity contribution in [3.63, 3.8) is 0 Å². The van der Waals surface area contributed by atoms with Gasteiger partial charge in [-0.05, 0) is 64.1 Å². The number of aliphatic hydroxyl groups is 2. The Morgan fingerprint density at radius 3 is 1.48 bits per heavy atom. The number of aryl methyl sites for hydroxylation is 2. The molecule has 4 aromatic carbocycles. The smallest absolute Gasteiger partial charge is 0.309 e. The lowest BCUT2D eigenvalue weighted by atomic mass is 10.0. The van der Waals surface area contributed by atoms with Crippen LogP contribution in [0.3, 0.4) is 0 Å². The average Bonchev–Trinajstić information content (AvgIpc) is 3.98. The first-order chi connectivity index (χ1) is 37.4. The van der Waals surface area contributed by atoms with Gasteiger partial charge in [-0.15, -0.1) is 0 Å². The van der Waals surface area contributed by atoms with Crippen LogP contribution < -0.4 is 20.4 Å². The summed E-state index contributed by atoms with van der Waals surface area (Å²) in [5, 5.41) is 26.1. The van der Waals surface area contributed by atoms with Crippen molar-refractivity contribution < 1.29 is 54.1 Å². The first-order valence-corrected chi connectivity index (χ1v) is 30.9. The van der Waals surface area contributed by atoms with Gasteiger partial charge in [0.15, 0.2) is 82.0 Å². The zero-order valence-electron chi connectivity index (χ0n) is 42.6. The van der Waals surface area contributed by atoms with Crippen molar-refractivity contribution >= 4 is 98.2 Å². The highest BCUT2D eigenvalue weighted by Crippen LogP contribution is 2.34. The van der Waals surface area contributed by atoms with Gasteiger partial charge in [0, 0.05) is 35.7 Å². The van der Waals surface area contributed by atoms with E-state index in [1.54, 1.807) is 43.3 Å². The molecule has 8 aromatic rings. The third-order valence-electron chi connectivity index (χ3n) is 12.1. The summed E-state index contributed by atoms with van der Waals surface area (Å²) < 4.78 is 122. The third-order valence-corrected chi connectivity index (χ3v) is 19.3. The normalized spacial score (nSPS) is 14.5. The minimum Gasteiger partial charge on any atom is -0.394 e. The third kappa shape index (κ3) is 14.2. The molecule has 5 heterocycles. The van der Waals surface area contributed by atoms with Crippen LogP contribution >= 0.6 is 46.2 Å². The Morgan fingerprint density at radius 1 is 0.633 bits per heavy atom. The molecule has 1 fully saturated rings. The predicted molar refractivity (Wildman–Crippen MR) is 296 cm³/mol. The molecule has 4 aromatic heterocycles. The minimum absolute atomic E-state index is 0.0252. The monoisotopic (exact) mass is 1200 g/mol. The van der Waals surface area contributed by atoms with Gasteiger partial charge in [-0.25, -0.2) is 54.3 Å². The van der Waals surface area contributed by atoms with Crippen LogP contribution in [0.1, 0.15) is 38.8 Å². The summed E-state index contributed by atoms with van der Waals surface area (Å²) in [4.78, 5) is 43.4. The van der Waals surface area contributed by atoms with Crippen molar-refractivity contribution in [1.29, 1.82) is 0 Å². The molecule has 28 heteroatoms. The summed E-state index contributed by atoms with van der Waals surface area (Å²) in [5.41, 5.74) is -1.31. The number of hydrogen-bond acceptors (Lipinski definition) is 20. The Bertz CT molecular complexity index is 3840. The fraction of sp³-hybridized carbons (Fsp3) is 0.333. The molecule has 0 bridgehead atoms. The molecule has 9 rings (SSSR count). The molecule has 0 radical (unpaired) electrons. The van der Waals surface area contributed by atoms with Crippen molar-refractivity contribution in [3.05, 3.63) is 151 Å². The number of anilines is 2. The summed E-state index contributed by atoms with van der Waals surface area (Å²) in [7, 11) is -7.37. The van der Waals surface area contributed by atoms with E-state index in [1.807, 2.05) is 20.8 Å². The van der Waals surface area contributed by atoms with Crippen molar-refractivity contribution in [3.8, 4) is 0 Å². The SMILES string of the molecule is CC(CO)(CO)Nc1nc(SCc2cccc(F)c2F)nc2c1sc(=O)n2CCS(=O)(=O)c1ccccc1.CC1(Nc2nc(SCc3cccc(F)c3F)nc3c2sc(=O)n3CCS(=O)(=O)c2ccccc2)COC(C)(C)OC1. The van der Waals surface area contributed by atoms with Crippen molar-refractivity contribution in [2.75, 3.05) is 48.6 Å². The Balaban J connectivity index is 0.000000209. The number of thiazole rings is 2. The van der Waals surface area contributed by atoms with Crippen LogP contribution in [0.25, 0.3) is 20.7 Å². The Kier molecular flexibility index (Phi) is 18.4. The van der Waals surface area contributed by atoms with Gasteiger partial charge < -0.3 is 30.3 Å². The Hall–Kier alpha value is -5.82. The van der Waals surface area contributed by atoms with E-state index in [4.69, 9.17) is 9.47 Å². The average molecular weight is 1210 g/mol. The number of rotatable bonds is 20. The molecule has 0 spiro atoms. The molecular weight excluding hydrogens is 1150 g/mol. The van der Waals surface area contributed by atoms with Gasteiger partial charge in [0.2, 0.25) is 0 Å². The molecule has 1 aliphatic heterocycles. The molecule has 4 N–H and O–H groups in total. The number of aliphatic hydroxyl groups excluding tert-OH is 2. The summed E-state index contributed by atoms with van der Waals surface area (Å²) in [6, 6.07) is 23.6. The number of aromatic nitrogens is 6.